The molecule has 1 saturated heterocycles. The van der Waals surface area contributed by atoms with Crippen LogP contribution in [0.25, 0.3) is 0 Å². The molecule has 1 aromatic carbocycles. The van der Waals surface area contributed by atoms with Crippen LogP contribution < -0.4 is 4.74 Å². The van der Waals surface area contributed by atoms with Gasteiger partial charge >= 0.3 is 5.97 Å². The number of hydrogen-bond acceptors (Lipinski definition) is 3. The molecule has 0 atom stereocenters. The molecule has 2 rings (SSSR count). The maximum atomic E-state index is 10.9. The SMILES string of the molecule is COc1ccccc1CCCN1CCC(C(=O)O)CC1. The van der Waals surface area contributed by atoms with Gasteiger partial charge in [0, 0.05) is 0 Å². The first kappa shape index (κ1) is 14.9. The van der Waals surface area contributed by atoms with E-state index in [9.17, 15) is 4.79 Å². The Labute approximate surface area is 120 Å². The first-order valence-corrected chi connectivity index (χ1v) is 7.27. The highest BCUT2D eigenvalue weighted by atomic mass is 16.5. The van der Waals surface area contributed by atoms with Gasteiger partial charge in [0.2, 0.25) is 0 Å². The lowest BCUT2D eigenvalue weighted by Crippen LogP contribution is -2.36. The summed E-state index contributed by atoms with van der Waals surface area (Å²) in [6, 6.07) is 8.12. The first-order valence-electron chi connectivity index (χ1n) is 7.27. The van der Waals surface area contributed by atoms with Crippen molar-refractivity contribution < 1.29 is 14.6 Å². The molecule has 1 heterocycles. The second-order valence-electron chi connectivity index (χ2n) is 5.37. The highest BCUT2D eigenvalue weighted by Gasteiger charge is 2.23. The van der Waals surface area contributed by atoms with Crippen molar-refractivity contribution in [2.75, 3.05) is 26.7 Å². The molecule has 1 aliphatic heterocycles. The second-order valence-corrected chi connectivity index (χ2v) is 5.37. The lowest BCUT2D eigenvalue weighted by Gasteiger charge is -2.29. The number of aryl methyl sites for hydroxylation is 1. The maximum absolute atomic E-state index is 10.9. The number of carboxylic acid groups (broad SMARTS) is 1. The van der Waals surface area contributed by atoms with E-state index in [0.717, 1.165) is 51.1 Å². The number of methoxy groups -OCH3 is 1. The molecule has 0 radical (unpaired) electrons. The van der Waals surface area contributed by atoms with Gasteiger partial charge in [-0.15, -0.1) is 0 Å². The average molecular weight is 277 g/mol. The Kier molecular flexibility index (Phi) is 5.41. The number of ether oxygens (including phenoxy) is 1. The summed E-state index contributed by atoms with van der Waals surface area (Å²) in [7, 11) is 1.70. The van der Waals surface area contributed by atoms with Crippen molar-refractivity contribution in [3.05, 3.63) is 29.8 Å². The summed E-state index contributed by atoms with van der Waals surface area (Å²) in [6.07, 6.45) is 3.65. The molecule has 0 aromatic heterocycles. The minimum Gasteiger partial charge on any atom is -0.496 e. The third-order valence-corrected chi connectivity index (χ3v) is 4.05. The number of aliphatic carboxylic acids is 1. The third kappa shape index (κ3) is 3.97. The zero-order valence-electron chi connectivity index (χ0n) is 12.0. The second kappa shape index (κ2) is 7.29. The summed E-state index contributed by atoms with van der Waals surface area (Å²) in [4.78, 5) is 13.3. The molecule has 0 bridgehead atoms. The van der Waals surface area contributed by atoms with Crippen molar-refractivity contribution in [3.63, 3.8) is 0 Å². The van der Waals surface area contributed by atoms with Gasteiger partial charge in [-0.05, 0) is 56.9 Å². The van der Waals surface area contributed by atoms with E-state index in [4.69, 9.17) is 9.84 Å². The quantitative estimate of drug-likeness (QED) is 0.867. The van der Waals surface area contributed by atoms with E-state index in [2.05, 4.69) is 11.0 Å². The fourth-order valence-electron chi connectivity index (χ4n) is 2.81. The van der Waals surface area contributed by atoms with Crippen LogP contribution in [0.1, 0.15) is 24.8 Å². The highest BCUT2D eigenvalue weighted by Crippen LogP contribution is 2.20. The minimum atomic E-state index is -0.640. The fraction of sp³-hybridized carbons (Fsp3) is 0.562. The Balaban J connectivity index is 1.73. The summed E-state index contributed by atoms with van der Waals surface area (Å²) >= 11 is 0. The normalized spacial score (nSPS) is 17.1. The van der Waals surface area contributed by atoms with E-state index in [1.165, 1.54) is 5.56 Å². The fourth-order valence-corrected chi connectivity index (χ4v) is 2.81. The summed E-state index contributed by atoms with van der Waals surface area (Å²) < 4.78 is 5.35. The smallest absolute Gasteiger partial charge is 0.306 e. The first-order chi connectivity index (χ1) is 9.70. The van der Waals surface area contributed by atoms with Gasteiger partial charge in [0.15, 0.2) is 0 Å². The molecule has 4 nitrogen and oxygen atoms in total. The van der Waals surface area contributed by atoms with Crippen molar-refractivity contribution in [1.29, 1.82) is 0 Å². The lowest BCUT2D eigenvalue weighted by molar-refractivity contribution is -0.143. The number of benzene rings is 1. The molecule has 4 heteroatoms. The zero-order chi connectivity index (χ0) is 14.4. The zero-order valence-corrected chi connectivity index (χ0v) is 12.0. The van der Waals surface area contributed by atoms with Crippen molar-refractivity contribution in [2.45, 2.75) is 25.7 Å². The predicted molar refractivity (Wildman–Crippen MR) is 78.1 cm³/mol. The molecule has 0 spiro atoms. The molecule has 1 fully saturated rings. The Bertz CT molecular complexity index is 439. The minimum absolute atomic E-state index is 0.138. The van der Waals surface area contributed by atoms with E-state index in [1.807, 2.05) is 18.2 Å². The lowest BCUT2D eigenvalue weighted by atomic mass is 9.97. The van der Waals surface area contributed by atoms with Gasteiger partial charge in [0.1, 0.15) is 5.75 Å². The van der Waals surface area contributed by atoms with Gasteiger partial charge in [-0.25, -0.2) is 0 Å². The monoisotopic (exact) mass is 277 g/mol. The van der Waals surface area contributed by atoms with E-state index in [0.29, 0.717) is 0 Å². The number of carboxylic acids is 1. The maximum Gasteiger partial charge on any atom is 0.306 e. The molecule has 1 aliphatic rings. The number of carbonyl (C=O) groups is 1. The summed E-state index contributed by atoms with van der Waals surface area (Å²) in [5, 5.41) is 8.97. The van der Waals surface area contributed by atoms with Crippen molar-refractivity contribution in [1.82, 2.24) is 4.90 Å². The van der Waals surface area contributed by atoms with Crippen LogP contribution >= 0.6 is 0 Å². The topological polar surface area (TPSA) is 49.8 Å². The van der Waals surface area contributed by atoms with E-state index in [-0.39, 0.29) is 5.92 Å². The van der Waals surface area contributed by atoms with Crippen LogP contribution in [-0.4, -0.2) is 42.7 Å². The van der Waals surface area contributed by atoms with Crippen LogP contribution in [0.2, 0.25) is 0 Å². The number of piperidine rings is 1. The molecule has 1 aromatic rings. The largest absolute Gasteiger partial charge is 0.496 e. The van der Waals surface area contributed by atoms with Gasteiger partial charge < -0.3 is 14.7 Å². The summed E-state index contributed by atoms with van der Waals surface area (Å²) in [6.45, 7) is 2.84. The summed E-state index contributed by atoms with van der Waals surface area (Å²) in [5.41, 5.74) is 1.25. The van der Waals surface area contributed by atoms with Crippen LogP contribution in [0, 0.1) is 5.92 Å². The standard InChI is InChI=1S/C16H23NO3/c1-20-15-7-3-2-5-13(15)6-4-10-17-11-8-14(9-12-17)16(18)19/h2-3,5,7,14H,4,6,8-12H2,1H3,(H,18,19). The van der Waals surface area contributed by atoms with Crippen molar-refractivity contribution in [2.24, 2.45) is 5.92 Å². The molecular weight excluding hydrogens is 254 g/mol. The summed E-state index contributed by atoms with van der Waals surface area (Å²) in [5.74, 6) is 0.177. The van der Waals surface area contributed by atoms with Crippen LogP contribution in [0.4, 0.5) is 0 Å². The number of likely N-dealkylation sites (tertiary alicyclic amines) is 1. The highest BCUT2D eigenvalue weighted by molar-refractivity contribution is 5.70. The van der Waals surface area contributed by atoms with Gasteiger partial charge in [-0.3, -0.25) is 4.79 Å². The molecule has 110 valence electrons. The predicted octanol–water partition coefficient (Wildman–Crippen LogP) is 2.42. The Morgan fingerprint density at radius 1 is 1.35 bits per heavy atom. The third-order valence-electron chi connectivity index (χ3n) is 4.05. The number of nitrogens with zero attached hydrogens (tertiary/aromatic N) is 1. The van der Waals surface area contributed by atoms with Gasteiger partial charge in [-0.1, -0.05) is 18.2 Å². The molecule has 20 heavy (non-hydrogen) atoms. The Hall–Kier alpha value is -1.55. The van der Waals surface area contributed by atoms with Crippen LogP contribution in [0.5, 0.6) is 5.75 Å². The van der Waals surface area contributed by atoms with Crippen LogP contribution in [0.3, 0.4) is 0 Å². The molecule has 0 aliphatic carbocycles. The van der Waals surface area contributed by atoms with E-state index in [1.54, 1.807) is 7.11 Å². The number of hydrogen-bond donors (Lipinski definition) is 1. The van der Waals surface area contributed by atoms with Gasteiger partial charge in [-0.2, -0.15) is 0 Å². The number of para-hydroxylation sites is 1. The van der Waals surface area contributed by atoms with Crippen molar-refractivity contribution >= 4 is 5.97 Å². The Morgan fingerprint density at radius 3 is 2.70 bits per heavy atom. The molecule has 0 unspecified atom stereocenters. The average Bonchev–Trinajstić information content (AvgIpc) is 2.48. The Morgan fingerprint density at radius 2 is 2.05 bits per heavy atom. The molecular formula is C16H23NO3. The van der Waals surface area contributed by atoms with E-state index >= 15 is 0 Å². The van der Waals surface area contributed by atoms with Crippen LogP contribution in [0.15, 0.2) is 24.3 Å². The van der Waals surface area contributed by atoms with Gasteiger partial charge in [0.25, 0.3) is 0 Å². The van der Waals surface area contributed by atoms with Crippen LogP contribution in [-0.2, 0) is 11.2 Å². The van der Waals surface area contributed by atoms with E-state index < -0.39 is 5.97 Å². The molecule has 0 saturated carbocycles. The van der Waals surface area contributed by atoms with Gasteiger partial charge in [0.05, 0.1) is 13.0 Å². The molecule has 1 N–H and O–H groups in total. The number of rotatable bonds is 6. The molecule has 0 amide bonds. The van der Waals surface area contributed by atoms with Crippen molar-refractivity contribution in [3.8, 4) is 5.75 Å².